The third-order valence-electron chi connectivity index (χ3n) is 3.76. The maximum absolute atomic E-state index is 12.4. The van der Waals surface area contributed by atoms with Gasteiger partial charge < -0.3 is 14.9 Å². The average molecular weight is 262 g/mol. The molecule has 0 saturated heterocycles. The van der Waals surface area contributed by atoms with Gasteiger partial charge in [0, 0.05) is 20.1 Å². The number of fused-ring (bicyclic) bond motifs is 1. The van der Waals surface area contributed by atoms with Crippen molar-refractivity contribution in [2.75, 3.05) is 7.05 Å². The second kappa shape index (κ2) is 4.57. The van der Waals surface area contributed by atoms with Crippen LogP contribution in [0.15, 0.2) is 24.3 Å². The Kier molecular flexibility index (Phi) is 3.22. The molecule has 5 nitrogen and oxygen atoms in total. The zero-order valence-electron chi connectivity index (χ0n) is 11.4. The fraction of sp³-hybridized carbons (Fsp3) is 0.429. The lowest BCUT2D eigenvalue weighted by atomic mass is 10.0. The molecule has 0 atom stereocenters. The second-order valence-corrected chi connectivity index (χ2v) is 5.33. The Labute approximate surface area is 112 Å². The molecule has 1 aliphatic rings. The van der Waals surface area contributed by atoms with Crippen LogP contribution in [0.5, 0.6) is 0 Å². The number of likely N-dealkylation sites (N-methyl/N-ethyl adjacent to an activating group) is 1. The number of urea groups is 1. The van der Waals surface area contributed by atoms with E-state index in [0.717, 1.165) is 11.1 Å². The van der Waals surface area contributed by atoms with Crippen molar-refractivity contribution in [3.63, 3.8) is 0 Å². The fourth-order valence-electron chi connectivity index (χ4n) is 2.06. The molecule has 1 N–H and O–H groups in total. The zero-order valence-corrected chi connectivity index (χ0v) is 11.4. The first-order valence-electron chi connectivity index (χ1n) is 6.17. The Morgan fingerprint density at radius 1 is 1.21 bits per heavy atom. The molecule has 0 spiro atoms. The van der Waals surface area contributed by atoms with Crippen LogP contribution in [0, 0.1) is 0 Å². The predicted molar refractivity (Wildman–Crippen MR) is 70.6 cm³/mol. The number of carboxylic acid groups (broad SMARTS) is 1. The summed E-state index contributed by atoms with van der Waals surface area (Å²) >= 11 is 0. The lowest BCUT2D eigenvalue weighted by molar-refractivity contribution is -0.147. The zero-order chi connectivity index (χ0) is 14.2. The summed E-state index contributed by atoms with van der Waals surface area (Å²) in [5.41, 5.74) is 1.03. The normalized spacial score (nSPS) is 14.2. The average Bonchev–Trinajstić information content (AvgIpc) is 2.80. The van der Waals surface area contributed by atoms with Gasteiger partial charge >= 0.3 is 12.0 Å². The van der Waals surface area contributed by atoms with Gasteiger partial charge in [0.2, 0.25) is 0 Å². The molecule has 19 heavy (non-hydrogen) atoms. The van der Waals surface area contributed by atoms with Gasteiger partial charge in [0.25, 0.3) is 0 Å². The molecular weight excluding hydrogens is 244 g/mol. The maximum Gasteiger partial charge on any atom is 0.329 e. The molecule has 1 aromatic carbocycles. The van der Waals surface area contributed by atoms with Gasteiger partial charge in [-0.1, -0.05) is 24.3 Å². The Hall–Kier alpha value is -2.04. The number of carbonyl (C=O) groups is 2. The molecule has 0 bridgehead atoms. The SMILES string of the molecule is CN(C(=O)N1Cc2ccccc2C1)C(C)(C)C(=O)O. The lowest BCUT2D eigenvalue weighted by Gasteiger charge is -2.34. The molecule has 0 unspecified atom stereocenters. The number of carbonyl (C=O) groups excluding carboxylic acids is 1. The second-order valence-electron chi connectivity index (χ2n) is 5.33. The van der Waals surface area contributed by atoms with Crippen LogP contribution in [0.1, 0.15) is 25.0 Å². The number of aliphatic carboxylic acids is 1. The highest BCUT2D eigenvalue weighted by Gasteiger charge is 2.38. The van der Waals surface area contributed by atoms with E-state index < -0.39 is 11.5 Å². The molecule has 102 valence electrons. The summed E-state index contributed by atoms with van der Waals surface area (Å²) in [4.78, 5) is 26.5. The summed E-state index contributed by atoms with van der Waals surface area (Å²) in [7, 11) is 1.53. The molecule has 5 heteroatoms. The summed E-state index contributed by atoms with van der Waals surface area (Å²) in [6, 6.07) is 7.61. The minimum Gasteiger partial charge on any atom is -0.480 e. The van der Waals surface area contributed by atoms with E-state index in [1.54, 1.807) is 4.90 Å². The fourth-order valence-corrected chi connectivity index (χ4v) is 2.06. The van der Waals surface area contributed by atoms with Gasteiger partial charge in [-0.25, -0.2) is 9.59 Å². The standard InChI is InChI=1S/C14H18N2O3/c1-14(2,12(17)18)15(3)13(19)16-8-10-6-4-5-7-11(10)9-16/h4-7H,8-9H2,1-3H3,(H,17,18). The van der Waals surface area contributed by atoms with Crippen LogP contribution >= 0.6 is 0 Å². The molecule has 2 rings (SSSR count). The van der Waals surface area contributed by atoms with Crippen LogP contribution in [0.4, 0.5) is 4.79 Å². The Balaban J connectivity index is 2.13. The molecule has 0 aromatic heterocycles. The first-order valence-corrected chi connectivity index (χ1v) is 6.17. The number of hydrogen-bond acceptors (Lipinski definition) is 2. The van der Waals surface area contributed by atoms with Gasteiger partial charge in [0.1, 0.15) is 5.54 Å². The van der Waals surface area contributed by atoms with Crippen molar-refractivity contribution in [3.05, 3.63) is 35.4 Å². The first-order chi connectivity index (χ1) is 8.84. The van der Waals surface area contributed by atoms with Crippen molar-refractivity contribution < 1.29 is 14.7 Å². The molecule has 0 fully saturated rings. The number of nitrogens with zero attached hydrogens (tertiary/aromatic N) is 2. The van der Waals surface area contributed by atoms with Gasteiger partial charge in [0.05, 0.1) is 0 Å². The van der Waals surface area contributed by atoms with Gasteiger partial charge in [0.15, 0.2) is 0 Å². The highest BCUT2D eigenvalue weighted by Crippen LogP contribution is 2.25. The molecular formula is C14H18N2O3. The van der Waals surface area contributed by atoms with Gasteiger partial charge in [-0.3, -0.25) is 0 Å². The van der Waals surface area contributed by atoms with E-state index in [9.17, 15) is 9.59 Å². The van der Waals surface area contributed by atoms with Crippen LogP contribution < -0.4 is 0 Å². The van der Waals surface area contributed by atoms with Crippen molar-refractivity contribution in [1.82, 2.24) is 9.80 Å². The van der Waals surface area contributed by atoms with Crippen molar-refractivity contribution in [2.45, 2.75) is 32.5 Å². The van der Waals surface area contributed by atoms with Gasteiger partial charge in [-0.15, -0.1) is 0 Å². The third-order valence-corrected chi connectivity index (χ3v) is 3.76. The molecule has 0 saturated carbocycles. The first kappa shape index (κ1) is 13.4. The van der Waals surface area contributed by atoms with Crippen molar-refractivity contribution in [3.8, 4) is 0 Å². The van der Waals surface area contributed by atoms with Crippen LogP contribution in [0.3, 0.4) is 0 Å². The summed E-state index contributed by atoms with van der Waals surface area (Å²) in [5.74, 6) is -1.01. The minimum atomic E-state index is -1.22. The molecule has 1 heterocycles. The Morgan fingerprint density at radius 2 is 1.68 bits per heavy atom. The molecule has 1 aliphatic heterocycles. The number of hydrogen-bond donors (Lipinski definition) is 1. The van der Waals surface area contributed by atoms with Crippen molar-refractivity contribution in [1.29, 1.82) is 0 Å². The molecule has 0 radical (unpaired) electrons. The quantitative estimate of drug-likeness (QED) is 0.885. The van der Waals surface area contributed by atoms with E-state index in [0.29, 0.717) is 13.1 Å². The Bertz CT molecular complexity index is 500. The van der Waals surface area contributed by atoms with E-state index >= 15 is 0 Å². The third kappa shape index (κ3) is 2.28. The van der Waals surface area contributed by atoms with Crippen molar-refractivity contribution >= 4 is 12.0 Å². The van der Waals surface area contributed by atoms with E-state index in [2.05, 4.69) is 0 Å². The van der Waals surface area contributed by atoms with E-state index in [4.69, 9.17) is 5.11 Å². The summed E-state index contributed by atoms with van der Waals surface area (Å²) < 4.78 is 0. The summed E-state index contributed by atoms with van der Waals surface area (Å²) in [6.45, 7) is 4.12. The number of amides is 2. The topological polar surface area (TPSA) is 60.9 Å². The van der Waals surface area contributed by atoms with Crippen LogP contribution in [-0.2, 0) is 17.9 Å². The number of carboxylic acids is 1. The molecule has 2 amide bonds. The number of rotatable bonds is 2. The van der Waals surface area contributed by atoms with Crippen molar-refractivity contribution in [2.24, 2.45) is 0 Å². The Morgan fingerprint density at radius 3 is 2.11 bits per heavy atom. The molecule has 0 aliphatic carbocycles. The van der Waals surface area contributed by atoms with E-state index in [-0.39, 0.29) is 6.03 Å². The lowest BCUT2D eigenvalue weighted by Crippen LogP contribution is -2.54. The van der Waals surface area contributed by atoms with Crippen LogP contribution in [0.2, 0.25) is 0 Å². The number of benzene rings is 1. The van der Waals surface area contributed by atoms with Crippen LogP contribution in [0.25, 0.3) is 0 Å². The summed E-state index contributed by atoms with van der Waals surface area (Å²) in [6.07, 6.45) is 0. The minimum absolute atomic E-state index is 0.261. The van der Waals surface area contributed by atoms with Gasteiger partial charge in [-0.2, -0.15) is 0 Å². The summed E-state index contributed by atoms with van der Waals surface area (Å²) in [5, 5.41) is 9.16. The van der Waals surface area contributed by atoms with E-state index in [1.165, 1.54) is 25.8 Å². The van der Waals surface area contributed by atoms with Gasteiger partial charge in [-0.05, 0) is 25.0 Å². The maximum atomic E-state index is 12.4. The van der Waals surface area contributed by atoms with E-state index in [1.807, 2.05) is 24.3 Å². The van der Waals surface area contributed by atoms with Crippen LogP contribution in [-0.4, -0.2) is 39.5 Å². The predicted octanol–water partition coefficient (Wildman–Crippen LogP) is 1.92. The smallest absolute Gasteiger partial charge is 0.329 e. The largest absolute Gasteiger partial charge is 0.480 e. The highest BCUT2D eigenvalue weighted by atomic mass is 16.4. The highest BCUT2D eigenvalue weighted by molar-refractivity contribution is 5.85. The monoisotopic (exact) mass is 262 g/mol. The molecule has 1 aromatic rings.